The van der Waals surface area contributed by atoms with Crippen molar-refractivity contribution in [3.8, 4) is 27.7 Å². The summed E-state index contributed by atoms with van der Waals surface area (Å²) >= 11 is 1.63. The summed E-state index contributed by atoms with van der Waals surface area (Å²) in [4.78, 5) is 18.2. The van der Waals surface area contributed by atoms with Gasteiger partial charge in [-0.1, -0.05) is 19.3 Å². The highest BCUT2D eigenvalue weighted by Gasteiger charge is 2.24. The SMILES string of the molecule is COc1ccc(-c2nc(-c3cc(C(=O)NCC4CCCO4)c(C)n3CC3CCCCC3)cs2)cc1. The van der Waals surface area contributed by atoms with Crippen LogP contribution in [0, 0.1) is 12.8 Å². The number of rotatable bonds is 8. The first-order chi connectivity index (χ1) is 17.1. The van der Waals surface area contributed by atoms with E-state index in [0.717, 1.165) is 65.0 Å². The number of nitrogens with zero attached hydrogens (tertiary/aromatic N) is 2. The van der Waals surface area contributed by atoms with Crippen molar-refractivity contribution in [2.45, 2.75) is 64.5 Å². The molecule has 1 unspecified atom stereocenters. The van der Waals surface area contributed by atoms with Gasteiger partial charge in [0.2, 0.25) is 0 Å². The molecule has 6 nitrogen and oxygen atoms in total. The lowest BCUT2D eigenvalue weighted by Gasteiger charge is -2.24. The average Bonchev–Trinajstić information content (AvgIpc) is 3.65. The normalized spacial score (nSPS) is 18.6. The zero-order valence-corrected chi connectivity index (χ0v) is 21.5. The first-order valence-electron chi connectivity index (χ1n) is 12.8. The molecule has 7 heteroatoms. The van der Waals surface area contributed by atoms with Crippen molar-refractivity contribution in [2.24, 2.45) is 5.92 Å². The first-order valence-corrected chi connectivity index (χ1v) is 13.7. The van der Waals surface area contributed by atoms with Gasteiger partial charge in [0.05, 0.1) is 30.2 Å². The molecule has 1 aliphatic carbocycles. The summed E-state index contributed by atoms with van der Waals surface area (Å²) in [6.45, 7) is 4.38. The van der Waals surface area contributed by atoms with E-state index in [0.29, 0.717) is 12.5 Å². The molecule has 2 aromatic heterocycles. The van der Waals surface area contributed by atoms with E-state index in [9.17, 15) is 4.79 Å². The molecule has 1 aromatic carbocycles. The molecule has 1 atom stereocenters. The van der Waals surface area contributed by atoms with Crippen LogP contribution in [0.1, 0.15) is 61.0 Å². The van der Waals surface area contributed by atoms with Crippen LogP contribution in [0.2, 0.25) is 0 Å². The summed E-state index contributed by atoms with van der Waals surface area (Å²) < 4.78 is 13.3. The number of methoxy groups -OCH3 is 1. The van der Waals surface area contributed by atoms with Crippen LogP contribution in [0.4, 0.5) is 0 Å². The molecular weight excluding hydrogens is 458 g/mol. The summed E-state index contributed by atoms with van der Waals surface area (Å²) in [6, 6.07) is 10.0. The van der Waals surface area contributed by atoms with Crippen LogP contribution >= 0.6 is 11.3 Å². The van der Waals surface area contributed by atoms with E-state index < -0.39 is 0 Å². The van der Waals surface area contributed by atoms with Gasteiger partial charge in [0.15, 0.2) is 0 Å². The molecule has 1 saturated carbocycles. The van der Waals surface area contributed by atoms with Crippen LogP contribution in [-0.2, 0) is 11.3 Å². The summed E-state index contributed by atoms with van der Waals surface area (Å²) in [5, 5.41) is 6.19. The van der Waals surface area contributed by atoms with Gasteiger partial charge in [0.25, 0.3) is 5.91 Å². The van der Waals surface area contributed by atoms with Gasteiger partial charge in [0.1, 0.15) is 10.8 Å². The quantitative estimate of drug-likeness (QED) is 0.413. The van der Waals surface area contributed by atoms with Gasteiger partial charge in [-0.05, 0) is 68.9 Å². The predicted molar refractivity (Wildman–Crippen MR) is 140 cm³/mol. The number of carbonyl (C=O) groups excluding carboxylic acids is 1. The van der Waals surface area contributed by atoms with E-state index in [1.807, 2.05) is 30.3 Å². The van der Waals surface area contributed by atoms with Crippen molar-refractivity contribution in [3.05, 3.63) is 47.0 Å². The molecule has 2 fully saturated rings. The Bertz CT molecular complexity index is 1140. The maximum atomic E-state index is 13.2. The van der Waals surface area contributed by atoms with Crippen molar-refractivity contribution >= 4 is 17.2 Å². The highest BCUT2D eigenvalue weighted by atomic mass is 32.1. The molecule has 1 aliphatic heterocycles. The van der Waals surface area contributed by atoms with Crippen molar-refractivity contribution in [1.82, 2.24) is 14.9 Å². The second-order valence-electron chi connectivity index (χ2n) is 9.75. The van der Waals surface area contributed by atoms with E-state index >= 15 is 0 Å². The highest BCUT2D eigenvalue weighted by Crippen LogP contribution is 2.34. The third kappa shape index (κ3) is 5.46. The Morgan fingerprint density at radius 1 is 1.17 bits per heavy atom. The van der Waals surface area contributed by atoms with Gasteiger partial charge < -0.3 is 19.4 Å². The second-order valence-corrected chi connectivity index (χ2v) is 10.6. The number of aromatic nitrogens is 2. The minimum Gasteiger partial charge on any atom is -0.497 e. The van der Waals surface area contributed by atoms with Crippen LogP contribution in [0.3, 0.4) is 0 Å². The Kier molecular flexibility index (Phi) is 7.54. The molecule has 186 valence electrons. The first kappa shape index (κ1) is 24.1. The summed E-state index contributed by atoms with van der Waals surface area (Å²) in [6.07, 6.45) is 8.66. The molecule has 5 rings (SSSR count). The minimum absolute atomic E-state index is 0.0211. The molecule has 1 saturated heterocycles. The van der Waals surface area contributed by atoms with E-state index in [2.05, 4.69) is 22.2 Å². The third-order valence-corrected chi connectivity index (χ3v) is 8.29. The number of amides is 1. The van der Waals surface area contributed by atoms with Gasteiger partial charge in [-0.15, -0.1) is 11.3 Å². The van der Waals surface area contributed by atoms with Gasteiger partial charge >= 0.3 is 0 Å². The molecule has 0 spiro atoms. The third-order valence-electron chi connectivity index (χ3n) is 7.39. The van der Waals surface area contributed by atoms with Gasteiger partial charge in [-0.3, -0.25) is 4.79 Å². The van der Waals surface area contributed by atoms with Crippen LogP contribution in [0.5, 0.6) is 5.75 Å². The van der Waals surface area contributed by atoms with E-state index in [-0.39, 0.29) is 12.0 Å². The monoisotopic (exact) mass is 493 g/mol. The minimum atomic E-state index is -0.0211. The van der Waals surface area contributed by atoms with Gasteiger partial charge in [-0.2, -0.15) is 0 Å². The fourth-order valence-corrected chi connectivity index (χ4v) is 6.13. The summed E-state index contributed by atoms with van der Waals surface area (Å²) in [5.74, 6) is 1.46. The number of ether oxygens (including phenoxy) is 2. The van der Waals surface area contributed by atoms with Gasteiger partial charge in [0, 0.05) is 36.3 Å². The summed E-state index contributed by atoms with van der Waals surface area (Å²) in [5.41, 5.74) is 4.80. The molecular formula is C28H35N3O3S. The number of hydrogen-bond donors (Lipinski definition) is 1. The maximum Gasteiger partial charge on any atom is 0.253 e. The van der Waals surface area contributed by atoms with E-state index in [1.165, 1.54) is 32.1 Å². The molecule has 1 amide bonds. The highest BCUT2D eigenvalue weighted by molar-refractivity contribution is 7.13. The molecule has 35 heavy (non-hydrogen) atoms. The van der Waals surface area contributed by atoms with Crippen LogP contribution in [-0.4, -0.2) is 41.8 Å². The lowest BCUT2D eigenvalue weighted by molar-refractivity contribution is 0.0857. The average molecular weight is 494 g/mol. The molecule has 2 aliphatic rings. The fourth-order valence-electron chi connectivity index (χ4n) is 5.32. The zero-order chi connectivity index (χ0) is 24.2. The van der Waals surface area contributed by atoms with Crippen LogP contribution in [0.15, 0.2) is 35.7 Å². The molecule has 3 heterocycles. The van der Waals surface area contributed by atoms with Crippen molar-refractivity contribution in [1.29, 1.82) is 0 Å². The van der Waals surface area contributed by atoms with Crippen LogP contribution < -0.4 is 10.1 Å². The number of carbonyl (C=O) groups is 1. The Hall–Kier alpha value is -2.64. The van der Waals surface area contributed by atoms with Crippen molar-refractivity contribution in [2.75, 3.05) is 20.3 Å². The Labute approximate surface area is 211 Å². The zero-order valence-electron chi connectivity index (χ0n) is 20.7. The maximum absolute atomic E-state index is 13.2. The smallest absolute Gasteiger partial charge is 0.253 e. The molecule has 0 bridgehead atoms. The van der Waals surface area contributed by atoms with Crippen molar-refractivity contribution in [3.63, 3.8) is 0 Å². The number of hydrogen-bond acceptors (Lipinski definition) is 5. The topological polar surface area (TPSA) is 65.4 Å². The second kappa shape index (κ2) is 11.0. The Morgan fingerprint density at radius 2 is 1.97 bits per heavy atom. The van der Waals surface area contributed by atoms with Crippen molar-refractivity contribution < 1.29 is 14.3 Å². The lowest BCUT2D eigenvalue weighted by Crippen LogP contribution is -2.32. The lowest BCUT2D eigenvalue weighted by atomic mass is 9.89. The Morgan fingerprint density at radius 3 is 2.69 bits per heavy atom. The van der Waals surface area contributed by atoms with Crippen LogP contribution in [0.25, 0.3) is 22.0 Å². The number of thiazole rings is 1. The number of nitrogens with one attached hydrogen (secondary N) is 1. The Balaban J connectivity index is 1.43. The number of benzene rings is 1. The van der Waals surface area contributed by atoms with E-state index in [4.69, 9.17) is 14.5 Å². The summed E-state index contributed by atoms with van der Waals surface area (Å²) in [7, 11) is 1.67. The standard InChI is InChI=1S/C28H35N3O3S/c1-19-24(27(32)29-16-23-9-6-14-34-23)15-26(31(19)17-20-7-4-3-5-8-20)25-18-35-28(30-25)21-10-12-22(33-2)13-11-21/h10-13,15,18,20,23H,3-9,14,16-17H2,1-2H3,(H,29,32). The molecule has 0 radical (unpaired) electrons. The largest absolute Gasteiger partial charge is 0.497 e. The predicted octanol–water partition coefficient (Wildman–Crippen LogP) is 6.08. The van der Waals surface area contributed by atoms with E-state index in [1.54, 1.807) is 18.4 Å². The fraction of sp³-hybridized carbons (Fsp3) is 0.500. The molecule has 3 aromatic rings. The van der Waals surface area contributed by atoms with Gasteiger partial charge in [-0.25, -0.2) is 4.98 Å². The molecule has 1 N–H and O–H groups in total.